The van der Waals surface area contributed by atoms with E-state index in [0.29, 0.717) is 12.1 Å². The van der Waals surface area contributed by atoms with Gasteiger partial charge in [-0.1, -0.05) is 48.6 Å². The molecule has 5 rings (SSSR count). The second-order valence-corrected chi connectivity index (χ2v) is 7.95. The fraction of sp³-hybridized carbons (Fsp3) is 0.348. The molecule has 0 aliphatic carbocycles. The van der Waals surface area contributed by atoms with E-state index in [1.807, 2.05) is 41.3 Å². The molecule has 2 fully saturated rings. The highest BCUT2D eigenvalue weighted by Gasteiger charge is 2.39. The van der Waals surface area contributed by atoms with Crippen molar-refractivity contribution in [1.82, 2.24) is 10.2 Å². The molecule has 0 spiro atoms. The zero-order valence-electron chi connectivity index (χ0n) is 15.6. The van der Waals surface area contributed by atoms with Crippen LogP contribution in [0.25, 0.3) is 12.2 Å². The van der Waals surface area contributed by atoms with Crippen LogP contribution >= 0.6 is 0 Å². The summed E-state index contributed by atoms with van der Waals surface area (Å²) in [4.78, 5) is 17.8. The third kappa shape index (κ3) is 2.85. The molecule has 3 heterocycles. The zero-order valence-corrected chi connectivity index (χ0v) is 15.6. The molecule has 4 heteroatoms. The van der Waals surface area contributed by atoms with E-state index < -0.39 is 0 Å². The van der Waals surface area contributed by atoms with Gasteiger partial charge in [0, 0.05) is 18.1 Å². The smallest absolute Gasteiger partial charge is 0.326 e. The molecule has 27 heavy (non-hydrogen) atoms. The molecule has 2 bridgehead atoms. The number of para-hydroxylation sites is 2. The van der Waals surface area contributed by atoms with Crippen molar-refractivity contribution in [3.8, 4) is 0 Å². The second-order valence-electron chi connectivity index (χ2n) is 7.95. The minimum atomic E-state index is -0.0208. The van der Waals surface area contributed by atoms with Gasteiger partial charge in [0.2, 0.25) is 0 Å². The molecule has 0 aromatic heterocycles. The Hall–Kier alpha value is -2.59. The van der Waals surface area contributed by atoms with Crippen LogP contribution in [0, 0.1) is 0 Å². The number of urea groups is 1. The average molecular weight is 359 g/mol. The fourth-order valence-corrected chi connectivity index (χ4v) is 4.96. The Balaban J connectivity index is 1.47. The number of carbonyl (C=O) groups is 1. The molecule has 3 aliphatic heterocycles. The van der Waals surface area contributed by atoms with E-state index in [9.17, 15) is 4.79 Å². The van der Waals surface area contributed by atoms with Gasteiger partial charge in [0.1, 0.15) is 0 Å². The third-order valence-corrected chi connectivity index (χ3v) is 6.43. The van der Waals surface area contributed by atoms with Gasteiger partial charge in [-0.15, -0.1) is 0 Å². The summed E-state index contributed by atoms with van der Waals surface area (Å²) in [7, 11) is 2.23. The van der Waals surface area contributed by atoms with Crippen molar-refractivity contribution in [2.24, 2.45) is 0 Å². The second kappa shape index (κ2) is 6.54. The number of amides is 2. The van der Waals surface area contributed by atoms with Gasteiger partial charge in [-0.05, 0) is 56.0 Å². The molecule has 2 aromatic carbocycles. The van der Waals surface area contributed by atoms with Crippen LogP contribution in [0.2, 0.25) is 0 Å². The lowest BCUT2D eigenvalue weighted by Gasteiger charge is -2.37. The Morgan fingerprint density at radius 1 is 0.889 bits per heavy atom. The topological polar surface area (TPSA) is 35.6 Å². The predicted molar refractivity (Wildman–Crippen MR) is 110 cm³/mol. The van der Waals surface area contributed by atoms with Gasteiger partial charge >= 0.3 is 6.03 Å². The summed E-state index contributed by atoms with van der Waals surface area (Å²) in [5.74, 6) is 0. The van der Waals surface area contributed by atoms with Crippen molar-refractivity contribution in [1.29, 1.82) is 0 Å². The first-order valence-corrected chi connectivity index (χ1v) is 9.89. The largest absolute Gasteiger partial charge is 0.335 e. The van der Waals surface area contributed by atoms with Gasteiger partial charge in [-0.2, -0.15) is 0 Å². The van der Waals surface area contributed by atoms with Crippen LogP contribution in [0.15, 0.2) is 48.5 Å². The maximum absolute atomic E-state index is 13.4. The zero-order chi connectivity index (χ0) is 18.4. The Kier molecular flexibility index (Phi) is 4.01. The van der Waals surface area contributed by atoms with E-state index in [2.05, 4.69) is 41.5 Å². The van der Waals surface area contributed by atoms with Crippen molar-refractivity contribution in [2.45, 2.75) is 43.8 Å². The lowest BCUT2D eigenvalue weighted by atomic mass is 9.98. The minimum absolute atomic E-state index is 0.0208. The maximum atomic E-state index is 13.4. The number of rotatable bonds is 1. The number of benzene rings is 2. The molecule has 3 aliphatic rings. The highest BCUT2D eigenvalue weighted by molar-refractivity contribution is 6.05. The number of piperidine rings is 1. The van der Waals surface area contributed by atoms with Crippen molar-refractivity contribution < 1.29 is 4.79 Å². The number of hydrogen-bond acceptors (Lipinski definition) is 2. The number of anilines is 2. The van der Waals surface area contributed by atoms with Crippen molar-refractivity contribution in [3.05, 3.63) is 59.7 Å². The predicted octanol–water partition coefficient (Wildman–Crippen LogP) is 4.64. The van der Waals surface area contributed by atoms with Crippen LogP contribution in [0.4, 0.5) is 16.2 Å². The summed E-state index contributed by atoms with van der Waals surface area (Å²) >= 11 is 0. The van der Waals surface area contributed by atoms with Crippen LogP contribution in [0.5, 0.6) is 0 Å². The van der Waals surface area contributed by atoms with Crippen LogP contribution < -0.4 is 10.2 Å². The van der Waals surface area contributed by atoms with E-state index >= 15 is 0 Å². The number of nitrogens with zero attached hydrogens (tertiary/aromatic N) is 2. The van der Waals surface area contributed by atoms with Crippen LogP contribution in [0.3, 0.4) is 0 Å². The highest BCUT2D eigenvalue weighted by Crippen LogP contribution is 2.37. The summed E-state index contributed by atoms with van der Waals surface area (Å²) in [5, 5.41) is 3.35. The molecular weight excluding hydrogens is 334 g/mol. The number of hydrogen-bond donors (Lipinski definition) is 1. The van der Waals surface area contributed by atoms with Gasteiger partial charge in [0.05, 0.1) is 11.4 Å². The van der Waals surface area contributed by atoms with E-state index in [1.165, 1.54) is 12.8 Å². The fourth-order valence-electron chi connectivity index (χ4n) is 4.96. The van der Waals surface area contributed by atoms with E-state index in [0.717, 1.165) is 35.3 Å². The first kappa shape index (κ1) is 16.6. The monoisotopic (exact) mass is 359 g/mol. The first-order chi connectivity index (χ1) is 13.2. The number of nitrogens with one attached hydrogen (secondary N) is 1. The molecule has 0 unspecified atom stereocenters. The molecule has 2 amide bonds. The van der Waals surface area contributed by atoms with Crippen molar-refractivity contribution >= 4 is 29.6 Å². The molecule has 138 valence electrons. The molecule has 4 nitrogen and oxygen atoms in total. The number of fused-ring (bicyclic) bond motifs is 4. The minimum Gasteiger partial charge on any atom is -0.335 e. The molecule has 2 saturated heterocycles. The molecule has 0 saturated carbocycles. The molecule has 2 aromatic rings. The summed E-state index contributed by atoms with van der Waals surface area (Å²) in [6.45, 7) is 0. The standard InChI is InChI=1S/C23H25N3O/c1-25-19-12-13-20(25)15-18(14-19)24-23(27)26-21-8-4-2-6-16(21)10-11-17-7-3-5-9-22(17)26/h2-11,18-20H,12-15H2,1H3,(H,24,27)/t19-,20-/m0/s1. The van der Waals surface area contributed by atoms with Gasteiger partial charge in [-0.3, -0.25) is 4.90 Å². The summed E-state index contributed by atoms with van der Waals surface area (Å²) in [6, 6.07) is 17.7. The Morgan fingerprint density at radius 2 is 1.41 bits per heavy atom. The van der Waals surface area contributed by atoms with Gasteiger partial charge < -0.3 is 10.2 Å². The van der Waals surface area contributed by atoms with Crippen molar-refractivity contribution in [3.63, 3.8) is 0 Å². The summed E-state index contributed by atoms with van der Waals surface area (Å²) in [6.07, 6.45) is 8.80. The molecular formula is C23H25N3O. The normalized spacial score (nSPS) is 26.3. The highest BCUT2D eigenvalue weighted by atomic mass is 16.2. The van der Waals surface area contributed by atoms with Crippen molar-refractivity contribution in [2.75, 3.05) is 11.9 Å². The molecule has 0 radical (unpaired) electrons. The van der Waals surface area contributed by atoms with Crippen LogP contribution in [0.1, 0.15) is 36.8 Å². The van der Waals surface area contributed by atoms with E-state index in [1.54, 1.807) is 0 Å². The summed E-state index contributed by atoms with van der Waals surface area (Å²) in [5.41, 5.74) is 4.00. The van der Waals surface area contributed by atoms with Gasteiger partial charge in [0.25, 0.3) is 0 Å². The maximum Gasteiger partial charge on any atom is 0.326 e. The Morgan fingerprint density at radius 3 is 1.96 bits per heavy atom. The molecule has 1 N–H and O–H groups in total. The molecule has 2 atom stereocenters. The lowest BCUT2D eigenvalue weighted by molar-refractivity contribution is 0.150. The lowest BCUT2D eigenvalue weighted by Crippen LogP contribution is -2.51. The SMILES string of the molecule is CN1[C@H]2CC[C@H]1CC(NC(=O)N1c3ccccc3C=Cc3ccccc31)C2. The van der Waals surface area contributed by atoms with Crippen LogP contribution in [-0.2, 0) is 0 Å². The van der Waals surface area contributed by atoms with Gasteiger partial charge in [-0.25, -0.2) is 4.79 Å². The Bertz CT molecular complexity index is 843. The van der Waals surface area contributed by atoms with Crippen LogP contribution in [-0.4, -0.2) is 36.1 Å². The first-order valence-electron chi connectivity index (χ1n) is 9.89. The quantitative estimate of drug-likeness (QED) is 0.805. The summed E-state index contributed by atoms with van der Waals surface area (Å²) < 4.78 is 0. The third-order valence-electron chi connectivity index (χ3n) is 6.43. The number of carbonyl (C=O) groups excluding carboxylic acids is 1. The van der Waals surface area contributed by atoms with E-state index in [4.69, 9.17) is 0 Å². The Labute approximate surface area is 160 Å². The average Bonchev–Trinajstić information content (AvgIpc) is 2.87. The van der Waals surface area contributed by atoms with E-state index in [-0.39, 0.29) is 12.1 Å². The van der Waals surface area contributed by atoms with Gasteiger partial charge in [0.15, 0.2) is 0 Å².